The van der Waals surface area contributed by atoms with Gasteiger partial charge in [0.05, 0.1) is 53.5 Å². The Kier molecular flexibility index (Phi) is 5.45. The molecule has 36 heavy (non-hydrogen) atoms. The Morgan fingerprint density at radius 1 is 1.06 bits per heavy atom. The lowest BCUT2D eigenvalue weighted by Gasteiger charge is -2.07. The number of hydrogen-bond donors (Lipinski definition) is 3. The molecule has 10 heteroatoms. The average molecular weight is 479 g/mol. The molecule has 3 N–H and O–H groups in total. The minimum absolute atomic E-state index is 0.0227. The van der Waals surface area contributed by atoms with Gasteiger partial charge in [0.15, 0.2) is 5.82 Å². The zero-order valence-electron chi connectivity index (χ0n) is 19.4. The third-order valence-corrected chi connectivity index (χ3v) is 5.97. The quantitative estimate of drug-likeness (QED) is 0.281. The van der Waals surface area contributed by atoms with Crippen molar-refractivity contribution < 1.29 is 9.21 Å². The Hall–Kier alpha value is -4.86. The number of carbonyl (C=O) groups excluding carboxylic acids is 1. The highest BCUT2D eigenvalue weighted by Gasteiger charge is 2.17. The van der Waals surface area contributed by atoms with Gasteiger partial charge in [-0.15, -0.1) is 0 Å². The number of unbranched alkanes of at least 4 members (excludes halogenated alkanes) is 1. The van der Waals surface area contributed by atoms with Crippen LogP contribution in [0.25, 0.3) is 55.8 Å². The molecule has 0 aliphatic heterocycles. The second-order valence-electron chi connectivity index (χ2n) is 8.48. The summed E-state index contributed by atoms with van der Waals surface area (Å²) >= 11 is 0. The van der Waals surface area contributed by atoms with Gasteiger partial charge in [-0.05, 0) is 24.6 Å². The van der Waals surface area contributed by atoms with E-state index >= 15 is 0 Å². The Morgan fingerprint density at radius 3 is 2.83 bits per heavy atom. The molecule has 0 bridgehead atoms. The van der Waals surface area contributed by atoms with Gasteiger partial charge in [0.1, 0.15) is 11.2 Å². The normalized spacial score (nSPS) is 11.4. The number of aromatic amines is 2. The molecule has 0 radical (unpaired) electrons. The summed E-state index contributed by atoms with van der Waals surface area (Å²) in [6.07, 6.45) is 14.2. The van der Waals surface area contributed by atoms with Gasteiger partial charge >= 0.3 is 0 Å². The number of nitrogens with zero attached hydrogens (tertiary/aromatic N) is 5. The zero-order chi connectivity index (χ0) is 24.5. The number of H-pyrrole nitrogens is 2. The molecule has 0 aromatic carbocycles. The van der Waals surface area contributed by atoms with E-state index in [-0.39, 0.29) is 5.91 Å². The fourth-order valence-electron chi connectivity index (χ4n) is 4.14. The molecule has 0 saturated carbocycles. The first kappa shape index (κ1) is 21.7. The van der Waals surface area contributed by atoms with Gasteiger partial charge in [-0.1, -0.05) is 13.3 Å². The molecule has 0 aliphatic carbocycles. The van der Waals surface area contributed by atoms with E-state index in [0.29, 0.717) is 29.3 Å². The standard InChI is InChI=1S/C26H22N8O2/c1-2-3-4-23(35)30-17-7-16(9-27-10-17)20-8-18-21(13-29-20)33-34-25(18)26-31-22-12-28-11-19(24(22)32-26)15-5-6-36-14-15/h5-14H,2-4H2,1H3,(H,30,35)(H,31,32)(H,33,34). The zero-order valence-corrected chi connectivity index (χ0v) is 19.4. The van der Waals surface area contributed by atoms with Crippen LogP contribution in [0.15, 0.2) is 66.1 Å². The summed E-state index contributed by atoms with van der Waals surface area (Å²) in [6, 6.07) is 5.69. The number of fused-ring (bicyclic) bond motifs is 2. The summed E-state index contributed by atoms with van der Waals surface area (Å²) < 4.78 is 5.24. The van der Waals surface area contributed by atoms with Crippen LogP contribution in [0, 0.1) is 0 Å². The molecular weight excluding hydrogens is 456 g/mol. The number of carbonyl (C=O) groups is 1. The fraction of sp³-hybridized carbons (Fsp3) is 0.154. The highest BCUT2D eigenvalue weighted by molar-refractivity contribution is 5.97. The van der Waals surface area contributed by atoms with Crippen LogP contribution in [0.1, 0.15) is 26.2 Å². The van der Waals surface area contributed by atoms with Crippen LogP contribution < -0.4 is 5.32 Å². The SMILES string of the molecule is CCCCC(=O)Nc1cncc(-c2cc3c(-c4nc5c(-c6ccoc6)cncc5[nH]4)n[nH]c3cn2)c1. The van der Waals surface area contributed by atoms with Crippen molar-refractivity contribution in [3.8, 4) is 33.9 Å². The van der Waals surface area contributed by atoms with E-state index in [4.69, 9.17) is 9.40 Å². The first-order chi connectivity index (χ1) is 17.7. The van der Waals surface area contributed by atoms with Crippen LogP contribution in [0.2, 0.25) is 0 Å². The van der Waals surface area contributed by atoms with E-state index in [2.05, 4.69) is 42.4 Å². The number of nitrogens with one attached hydrogen (secondary N) is 3. The maximum atomic E-state index is 12.1. The average Bonchev–Trinajstić information content (AvgIpc) is 3.66. The number of furan rings is 1. The van der Waals surface area contributed by atoms with Gasteiger partial charge in [0.2, 0.25) is 5.91 Å². The molecule has 6 aromatic rings. The van der Waals surface area contributed by atoms with Gasteiger partial charge < -0.3 is 14.7 Å². The molecule has 0 spiro atoms. The van der Waals surface area contributed by atoms with Crippen molar-refractivity contribution >= 4 is 33.5 Å². The highest BCUT2D eigenvalue weighted by atomic mass is 16.3. The number of pyridine rings is 3. The number of aromatic nitrogens is 7. The molecule has 10 nitrogen and oxygen atoms in total. The van der Waals surface area contributed by atoms with Gasteiger partial charge in [-0.25, -0.2) is 4.98 Å². The van der Waals surface area contributed by atoms with Crippen LogP contribution in [-0.4, -0.2) is 41.0 Å². The molecular formula is C26H22N8O2. The molecule has 0 atom stereocenters. The van der Waals surface area contributed by atoms with E-state index in [1.165, 1.54) is 0 Å². The molecule has 6 heterocycles. The Morgan fingerprint density at radius 2 is 1.97 bits per heavy atom. The van der Waals surface area contributed by atoms with Crippen molar-refractivity contribution in [1.82, 2.24) is 35.1 Å². The highest BCUT2D eigenvalue weighted by Crippen LogP contribution is 2.32. The Labute approximate surface area is 205 Å². The van der Waals surface area contributed by atoms with Crippen LogP contribution >= 0.6 is 0 Å². The Bertz CT molecular complexity index is 1680. The summed E-state index contributed by atoms with van der Waals surface area (Å²) in [5, 5.41) is 11.3. The van der Waals surface area contributed by atoms with Gasteiger partial charge in [-0.2, -0.15) is 5.10 Å². The number of rotatable bonds is 7. The maximum Gasteiger partial charge on any atom is 0.224 e. The predicted octanol–water partition coefficient (Wildman–Crippen LogP) is 5.35. The summed E-state index contributed by atoms with van der Waals surface area (Å²) in [7, 11) is 0. The molecule has 0 unspecified atom stereocenters. The first-order valence-electron chi connectivity index (χ1n) is 11.7. The molecule has 178 valence electrons. The van der Waals surface area contributed by atoms with Crippen molar-refractivity contribution in [2.45, 2.75) is 26.2 Å². The second-order valence-corrected chi connectivity index (χ2v) is 8.48. The van der Waals surface area contributed by atoms with Crippen molar-refractivity contribution in [3.63, 3.8) is 0 Å². The lowest BCUT2D eigenvalue weighted by Crippen LogP contribution is -2.11. The predicted molar refractivity (Wildman–Crippen MR) is 136 cm³/mol. The number of anilines is 1. The molecule has 1 amide bonds. The van der Waals surface area contributed by atoms with E-state index in [1.807, 2.05) is 18.2 Å². The Balaban J connectivity index is 1.37. The van der Waals surface area contributed by atoms with Gasteiger partial charge in [0, 0.05) is 40.9 Å². The monoisotopic (exact) mass is 478 g/mol. The smallest absolute Gasteiger partial charge is 0.224 e. The van der Waals surface area contributed by atoms with E-state index in [9.17, 15) is 4.79 Å². The number of hydrogen-bond acceptors (Lipinski definition) is 7. The third-order valence-electron chi connectivity index (χ3n) is 5.97. The molecule has 0 fully saturated rings. The third kappa shape index (κ3) is 3.98. The number of amides is 1. The van der Waals surface area contributed by atoms with Gasteiger partial charge in [-0.3, -0.25) is 24.8 Å². The fourth-order valence-corrected chi connectivity index (χ4v) is 4.14. The van der Waals surface area contributed by atoms with E-state index in [0.717, 1.165) is 51.5 Å². The largest absolute Gasteiger partial charge is 0.472 e. The first-order valence-corrected chi connectivity index (χ1v) is 11.7. The van der Waals surface area contributed by atoms with Crippen LogP contribution in [0.5, 0.6) is 0 Å². The molecule has 0 saturated heterocycles. The molecule has 6 rings (SSSR count). The summed E-state index contributed by atoms with van der Waals surface area (Å²) in [4.78, 5) is 33.5. The number of imidazole rings is 1. The second kappa shape index (κ2) is 9.06. The molecule has 0 aliphatic rings. The van der Waals surface area contributed by atoms with Crippen molar-refractivity contribution in [1.29, 1.82) is 0 Å². The van der Waals surface area contributed by atoms with E-state index < -0.39 is 0 Å². The summed E-state index contributed by atoms with van der Waals surface area (Å²) in [5.74, 6) is 0.590. The van der Waals surface area contributed by atoms with Crippen molar-refractivity contribution in [2.75, 3.05) is 5.32 Å². The molecule has 6 aromatic heterocycles. The topological polar surface area (TPSA) is 138 Å². The van der Waals surface area contributed by atoms with E-state index in [1.54, 1.807) is 43.5 Å². The maximum absolute atomic E-state index is 12.1. The van der Waals surface area contributed by atoms with Crippen LogP contribution in [0.3, 0.4) is 0 Å². The van der Waals surface area contributed by atoms with Crippen molar-refractivity contribution in [3.05, 3.63) is 61.7 Å². The minimum Gasteiger partial charge on any atom is -0.472 e. The lowest BCUT2D eigenvalue weighted by atomic mass is 10.1. The summed E-state index contributed by atoms with van der Waals surface area (Å²) in [5.41, 5.74) is 6.92. The minimum atomic E-state index is -0.0227. The van der Waals surface area contributed by atoms with Crippen LogP contribution in [-0.2, 0) is 4.79 Å². The lowest BCUT2D eigenvalue weighted by molar-refractivity contribution is -0.116. The van der Waals surface area contributed by atoms with Crippen LogP contribution in [0.4, 0.5) is 5.69 Å². The van der Waals surface area contributed by atoms with Gasteiger partial charge in [0.25, 0.3) is 0 Å². The van der Waals surface area contributed by atoms with Crippen molar-refractivity contribution in [2.24, 2.45) is 0 Å². The summed E-state index contributed by atoms with van der Waals surface area (Å²) in [6.45, 7) is 2.06.